The van der Waals surface area contributed by atoms with E-state index in [1.807, 2.05) is 37.3 Å². The normalized spacial score (nSPS) is 10.1. The molecule has 0 bridgehead atoms. The van der Waals surface area contributed by atoms with Gasteiger partial charge in [-0.3, -0.25) is 9.59 Å². The Balaban J connectivity index is 1.61. The molecular weight excluding hydrogens is 368 g/mol. The maximum atomic E-state index is 12.3. The number of anilines is 1. The number of hydrogen-bond donors (Lipinski definition) is 2. The van der Waals surface area contributed by atoms with Crippen molar-refractivity contribution in [3.8, 4) is 17.2 Å². The van der Waals surface area contributed by atoms with Gasteiger partial charge in [0, 0.05) is 5.56 Å². The van der Waals surface area contributed by atoms with E-state index in [1.165, 1.54) is 7.11 Å². The number of amides is 2. The lowest BCUT2D eigenvalue weighted by Crippen LogP contribution is -2.32. The van der Waals surface area contributed by atoms with Gasteiger partial charge in [0.25, 0.3) is 5.91 Å². The summed E-state index contributed by atoms with van der Waals surface area (Å²) in [7, 11) is 1.53. The number of nitrogens with one attached hydrogen (secondary N) is 2. The number of carbonyl (C=O) groups excluding carboxylic acids is 2. The number of carbonyl (C=O) groups is 2. The van der Waals surface area contributed by atoms with Crippen LogP contribution in [0.4, 0.5) is 5.69 Å². The summed E-state index contributed by atoms with van der Waals surface area (Å²) in [6, 6.07) is 21.5. The lowest BCUT2D eigenvalue weighted by molar-refractivity contribution is -0.115. The van der Waals surface area contributed by atoms with Gasteiger partial charge in [-0.05, 0) is 55.0 Å². The Morgan fingerprint density at radius 2 is 1.66 bits per heavy atom. The van der Waals surface area contributed by atoms with E-state index < -0.39 is 0 Å². The van der Waals surface area contributed by atoms with Crippen molar-refractivity contribution >= 4 is 17.5 Å². The van der Waals surface area contributed by atoms with E-state index in [9.17, 15) is 9.59 Å². The molecule has 29 heavy (non-hydrogen) atoms. The molecule has 148 valence electrons. The monoisotopic (exact) mass is 390 g/mol. The van der Waals surface area contributed by atoms with Crippen LogP contribution in [0.1, 0.15) is 15.9 Å². The van der Waals surface area contributed by atoms with Crippen LogP contribution in [0.5, 0.6) is 17.2 Å². The van der Waals surface area contributed by atoms with E-state index in [2.05, 4.69) is 10.6 Å². The second kappa shape index (κ2) is 9.41. The van der Waals surface area contributed by atoms with Gasteiger partial charge in [-0.1, -0.05) is 30.3 Å². The summed E-state index contributed by atoms with van der Waals surface area (Å²) < 4.78 is 11.0. The summed E-state index contributed by atoms with van der Waals surface area (Å²) in [5, 5.41) is 5.37. The molecule has 0 radical (unpaired) electrons. The van der Waals surface area contributed by atoms with Crippen LogP contribution < -0.4 is 20.1 Å². The Kier molecular flexibility index (Phi) is 6.47. The van der Waals surface area contributed by atoms with Gasteiger partial charge in [-0.15, -0.1) is 0 Å². The van der Waals surface area contributed by atoms with Crippen molar-refractivity contribution in [1.82, 2.24) is 5.32 Å². The minimum Gasteiger partial charge on any atom is -0.497 e. The molecule has 0 aliphatic rings. The average Bonchev–Trinajstić information content (AvgIpc) is 2.73. The molecule has 2 amide bonds. The van der Waals surface area contributed by atoms with Crippen LogP contribution in [0.3, 0.4) is 0 Å². The minimum absolute atomic E-state index is 0.172. The topological polar surface area (TPSA) is 76.7 Å². The molecule has 0 aliphatic heterocycles. The van der Waals surface area contributed by atoms with Crippen molar-refractivity contribution < 1.29 is 19.1 Å². The third-order valence-electron chi connectivity index (χ3n) is 4.12. The highest BCUT2D eigenvalue weighted by Crippen LogP contribution is 2.29. The average molecular weight is 390 g/mol. The van der Waals surface area contributed by atoms with Crippen molar-refractivity contribution in [3.05, 3.63) is 83.9 Å². The molecule has 3 aromatic rings. The molecule has 0 heterocycles. The molecule has 0 aromatic heterocycles. The first-order chi connectivity index (χ1) is 14.0. The van der Waals surface area contributed by atoms with Gasteiger partial charge in [0.15, 0.2) is 5.75 Å². The Labute approximate surface area is 169 Å². The van der Waals surface area contributed by atoms with Crippen LogP contribution in [-0.4, -0.2) is 25.5 Å². The molecule has 3 aromatic carbocycles. The predicted molar refractivity (Wildman–Crippen MR) is 112 cm³/mol. The third kappa shape index (κ3) is 5.59. The van der Waals surface area contributed by atoms with E-state index in [4.69, 9.17) is 9.47 Å². The quantitative estimate of drug-likeness (QED) is 0.635. The molecule has 3 rings (SSSR count). The molecule has 0 fully saturated rings. The van der Waals surface area contributed by atoms with Crippen LogP contribution in [-0.2, 0) is 4.79 Å². The lowest BCUT2D eigenvalue weighted by atomic mass is 10.2. The maximum Gasteiger partial charge on any atom is 0.251 e. The summed E-state index contributed by atoms with van der Waals surface area (Å²) in [6.07, 6.45) is 0. The summed E-state index contributed by atoms with van der Waals surface area (Å²) >= 11 is 0. The van der Waals surface area contributed by atoms with E-state index >= 15 is 0 Å². The summed E-state index contributed by atoms with van der Waals surface area (Å²) in [5.74, 6) is 1.05. The zero-order valence-corrected chi connectivity index (χ0v) is 16.3. The van der Waals surface area contributed by atoms with Crippen LogP contribution in [0, 0.1) is 6.92 Å². The fourth-order valence-electron chi connectivity index (χ4n) is 2.69. The third-order valence-corrected chi connectivity index (χ3v) is 4.12. The summed E-state index contributed by atoms with van der Waals surface area (Å²) in [5.41, 5.74) is 2.01. The SMILES string of the molecule is COc1cccc(C(=O)NCC(=O)Nc2ccccc2Oc2cccc(C)c2)c1. The minimum atomic E-state index is -0.360. The number of hydrogen-bond acceptors (Lipinski definition) is 4. The van der Waals surface area contributed by atoms with Crippen LogP contribution >= 0.6 is 0 Å². The molecule has 0 aliphatic carbocycles. The molecule has 0 unspecified atom stereocenters. The molecule has 6 nitrogen and oxygen atoms in total. The first-order valence-electron chi connectivity index (χ1n) is 9.11. The Bertz CT molecular complexity index is 1020. The van der Waals surface area contributed by atoms with Gasteiger partial charge in [0.2, 0.25) is 5.91 Å². The maximum absolute atomic E-state index is 12.3. The Morgan fingerprint density at radius 1 is 0.897 bits per heavy atom. The van der Waals surface area contributed by atoms with Gasteiger partial charge < -0.3 is 20.1 Å². The smallest absolute Gasteiger partial charge is 0.251 e. The fourth-order valence-corrected chi connectivity index (χ4v) is 2.69. The van der Waals surface area contributed by atoms with E-state index in [-0.39, 0.29) is 18.4 Å². The van der Waals surface area contributed by atoms with Crippen molar-refractivity contribution in [2.45, 2.75) is 6.92 Å². The zero-order chi connectivity index (χ0) is 20.6. The molecule has 0 saturated heterocycles. The number of aryl methyl sites for hydroxylation is 1. The Morgan fingerprint density at radius 3 is 2.45 bits per heavy atom. The van der Waals surface area contributed by atoms with Crippen molar-refractivity contribution in [3.63, 3.8) is 0 Å². The first-order valence-corrected chi connectivity index (χ1v) is 9.11. The number of benzene rings is 3. The van der Waals surface area contributed by atoms with Crippen molar-refractivity contribution in [2.24, 2.45) is 0 Å². The summed E-state index contributed by atoms with van der Waals surface area (Å²) in [6.45, 7) is 1.81. The fraction of sp³-hybridized carbons (Fsp3) is 0.130. The van der Waals surface area contributed by atoms with Crippen molar-refractivity contribution in [2.75, 3.05) is 19.0 Å². The molecule has 2 N–H and O–H groups in total. The highest BCUT2D eigenvalue weighted by molar-refractivity contribution is 6.00. The number of methoxy groups -OCH3 is 1. The highest BCUT2D eigenvalue weighted by Gasteiger charge is 2.11. The van der Waals surface area contributed by atoms with E-state index in [1.54, 1.807) is 42.5 Å². The van der Waals surface area contributed by atoms with Gasteiger partial charge in [-0.25, -0.2) is 0 Å². The number of rotatable bonds is 7. The Hall–Kier alpha value is -3.80. The zero-order valence-electron chi connectivity index (χ0n) is 16.3. The first kappa shape index (κ1) is 19.9. The number of para-hydroxylation sites is 2. The van der Waals surface area contributed by atoms with Gasteiger partial charge >= 0.3 is 0 Å². The van der Waals surface area contributed by atoms with E-state index in [0.29, 0.717) is 28.5 Å². The molecule has 0 spiro atoms. The largest absolute Gasteiger partial charge is 0.497 e. The second-order valence-electron chi connectivity index (χ2n) is 6.38. The van der Waals surface area contributed by atoms with Gasteiger partial charge in [0.1, 0.15) is 11.5 Å². The van der Waals surface area contributed by atoms with Gasteiger partial charge in [-0.2, -0.15) is 0 Å². The standard InChI is InChI=1S/C23H22N2O4/c1-16-7-5-10-19(13-16)29-21-12-4-3-11-20(21)25-22(26)15-24-23(27)17-8-6-9-18(14-17)28-2/h3-14H,15H2,1-2H3,(H,24,27)(H,25,26). The molecule has 0 saturated carbocycles. The van der Waals surface area contributed by atoms with Crippen LogP contribution in [0.15, 0.2) is 72.8 Å². The van der Waals surface area contributed by atoms with Crippen LogP contribution in [0.25, 0.3) is 0 Å². The molecule has 6 heteroatoms. The molecule has 0 atom stereocenters. The predicted octanol–water partition coefficient (Wildman–Crippen LogP) is 4.16. The second-order valence-corrected chi connectivity index (χ2v) is 6.38. The highest BCUT2D eigenvalue weighted by atomic mass is 16.5. The van der Waals surface area contributed by atoms with Crippen molar-refractivity contribution in [1.29, 1.82) is 0 Å². The number of ether oxygens (including phenoxy) is 2. The lowest BCUT2D eigenvalue weighted by Gasteiger charge is -2.13. The molecular formula is C23H22N2O4. The van der Waals surface area contributed by atoms with E-state index in [0.717, 1.165) is 5.56 Å². The van der Waals surface area contributed by atoms with Crippen LogP contribution in [0.2, 0.25) is 0 Å². The summed E-state index contributed by atoms with van der Waals surface area (Å²) in [4.78, 5) is 24.6. The van der Waals surface area contributed by atoms with Gasteiger partial charge in [0.05, 0.1) is 19.3 Å².